The Balaban J connectivity index is 1.65. The van der Waals surface area contributed by atoms with Crippen LogP contribution in [0.1, 0.15) is 39.3 Å². The van der Waals surface area contributed by atoms with E-state index in [0.29, 0.717) is 5.02 Å². The molecule has 0 radical (unpaired) electrons. The van der Waals surface area contributed by atoms with Crippen LogP contribution in [0.25, 0.3) is 22.3 Å². The monoisotopic (exact) mass is 468 g/mol. The SMILES string of the molecule is O=CC1c2ccccc2C2(c3ccccc3-c3ccccc32)c2cc(-c3cccc(Cl)c3)ccc21. The Morgan fingerprint density at radius 2 is 1.17 bits per heavy atom. The Bertz CT molecular complexity index is 1600. The van der Waals surface area contributed by atoms with Gasteiger partial charge in [0.05, 0.1) is 11.3 Å². The molecule has 35 heavy (non-hydrogen) atoms. The molecule has 2 heteroatoms. The van der Waals surface area contributed by atoms with E-state index in [1.807, 2.05) is 24.3 Å². The summed E-state index contributed by atoms with van der Waals surface area (Å²) in [4.78, 5) is 12.6. The van der Waals surface area contributed by atoms with Gasteiger partial charge in [0.25, 0.3) is 0 Å². The number of rotatable bonds is 2. The highest BCUT2D eigenvalue weighted by atomic mass is 35.5. The van der Waals surface area contributed by atoms with Crippen molar-refractivity contribution in [3.8, 4) is 22.3 Å². The van der Waals surface area contributed by atoms with Gasteiger partial charge in [0.2, 0.25) is 0 Å². The van der Waals surface area contributed by atoms with Crippen LogP contribution >= 0.6 is 11.6 Å². The maximum absolute atomic E-state index is 12.6. The van der Waals surface area contributed by atoms with Gasteiger partial charge in [-0.15, -0.1) is 0 Å². The third-order valence-corrected chi connectivity index (χ3v) is 7.97. The van der Waals surface area contributed by atoms with Gasteiger partial charge in [0.1, 0.15) is 6.29 Å². The molecule has 0 amide bonds. The standard InChI is InChI=1S/C33H21ClO/c34-23-9-7-8-21(18-23)22-16-17-27-28(20-35)26-12-3-6-15-31(26)33(32(27)19-22)29-13-4-1-10-24(29)25-11-2-5-14-30(25)33/h1-20,28H. The van der Waals surface area contributed by atoms with E-state index in [4.69, 9.17) is 11.6 Å². The first-order chi connectivity index (χ1) is 17.2. The summed E-state index contributed by atoms with van der Waals surface area (Å²) in [5, 5.41) is 0.711. The molecular weight excluding hydrogens is 448 g/mol. The lowest BCUT2D eigenvalue weighted by Crippen LogP contribution is -2.36. The van der Waals surface area contributed by atoms with E-state index in [-0.39, 0.29) is 5.92 Å². The fourth-order valence-corrected chi connectivity index (χ4v) is 6.57. The van der Waals surface area contributed by atoms with Crippen molar-refractivity contribution in [2.45, 2.75) is 11.3 Å². The summed E-state index contributed by atoms with van der Waals surface area (Å²) in [5.41, 5.74) is 11.2. The van der Waals surface area contributed by atoms with Crippen molar-refractivity contribution >= 4 is 17.9 Å². The third kappa shape index (κ3) is 2.68. The largest absolute Gasteiger partial charge is 0.302 e. The average molecular weight is 469 g/mol. The van der Waals surface area contributed by atoms with Crippen LogP contribution in [0.15, 0.2) is 115 Å². The van der Waals surface area contributed by atoms with Gasteiger partial charge in [0.15, 0.2) is 0 Å². The first-order valence-corrected chi connectivity index (χ1v) is 12.3. The maximum atomic E-state index is 12.6. The molecule has 5 aromatic rings. The number of aldehydes is 1. The molecule has 0 saturated heterocycles. The van der Waals surface area contributed by atoms with E-state index >= 15 is 0 Å². The van der Waals surface area contributed by atoms with E-state index in [1.54, 1.807) is 0 Å². The van der Waals surface area contributed by atoms with Gasteiger partial charge in [0, 0.05) is 5.02 Å². The Hall–Kier alpha value is -3.94. The topological polar surface area (TPSA) is 17.1 Å². The number of carbonyl (C=O) groups excluding carboxylic acids is 1. The summed E-state index contributed by atoms with van der Waals surface area (Å²) >= 11 is 6.36. The van der Waals surface area contributed by atoms with Crippen LogP contribution in [0, 0.1) is 0 Å². The molecule has 0 N–H and O–H groups in total. The van der Waals surface area contributed by atoms with Crippen molar-refractivity contribution in [3.05, 3.63) is 154 Å². The number of hydrogen-bond acceptors (Lipinski definition) is 1. The van der Waals surface area contributed by atoms with Crippen LogP contribution in [-0.2, 0) is 10.2 Å². The average Bonchev–Trinajstić information content (AvgIpc) is 3.20. The Morgan fingerprint density at radius 1 is 0.571 bits per heavy atom. The highest BCUT2D eigenvalue weighted by Crippen LogP contribution is 2.61. The van der Waals surface area contributed by atoms with E-state index in [9.17, 15) is 4.79 Å². The fourth-order valence-electron chi connectivity index (χ4n) is 6.38. The van der Waals surface area contributed by atoms with Crippen molar-refractivity contribution in [2.24, 2.45) is 0 Å². The number of benzene rings is 5. The second-order valence-electron chi connectivity index (χ2n) is 9.35. The van der Waals surface area contributed by atoms with Crippen molar-refractivity contribution in [3.63, 3.8) is 0 Å². The first-order valence-electron chi connectivity index (χ1n) is 11.9. The van der Waals surface area contributed by atoms with Crippen LogP contribution in [0.3, 0.4) is 0 Å². The van der Waals surface area contributed by atoms with Crippen LogP contribution in [0.4, 0.5) is 0 Å². The molecule has 7 rings (SSSR count). The first kappa shape index (κ1) is 20.4. The molecule has 2 aliphatic carbocycles. The Morgan fingerprint density at radius 3 is 1.86 bits per heavy atom. The predicted molar refractivity (Wildman–Crippen MR) is 142 cm³/mol. The highest BCUT2D eigenvalue weighted by Gasteiger charge is 2.51. The third-order valence-electron chi connectivity index (χ3n) is 7.74. The maximum Gasteiger partial charge on any atom is 0.131 e. The van der Waals surface area contributed by atoms with E-state index in [0.717, 1.165) is 28.5 Å². The normalized spacial score (nSPS) is 16.2. The number of carbonyl (C=O) groups is 1. The lowest BCUT2D eigenvalue weighted by molar-refractivity contribution is -0.108. The molecule has 1 unspecified atom stereocenters. The summed E-state index contributed by atoms with van der Waals surface area (Å²) < 4.78 is 0. The quantitative estimate of drug-likeness (QED) is 0.235. The van der Waals surface area contributed by atoms with Gasteiger partial charge >= 0.3 is 0 Å². The van der Waals surface area contributed by atoms with Gasteiger partial charge in [-0.05, 0) is 73.8 Å². The zero-order chi connectivity index (χ0) is 23.6. The molecule has 1 atom stereocenters. The smallest absolute Gasteiger partial charge is 0.131 e. The predicted octanol–water partition coefficient (Wildman–Crippen LogP) is 8.01. The number of hydrogen-bond donors (Lipinski definition) is 0. The second kappa shape index (κ2) is 7.53. The number of fused-ring (bicyclic) bond motifs is 9. The summed E-state index contributed by atoms with van der Waals surface area (Å²) in [5.74, 6) is -0.305. The lowest BCUT2D eigenvalue weighted by atomic mass is 9.59. The molecule has 166 valence electrons. The molecule has 0 aromatic heterocycles. The molecule has 1 nitrogen and oxygen atoms in total. The Kier molecular flexibility index (Phi) is 4.40. The van der Waals surface area contributed by atoms with Crippen LogP contribution < -0.4 is 0 Å². The summed E-state index contributed by atoms with van der Waals surface area (Å²) in [6.07, 6.45) is 1.09. The Labute approximate surface area is 209 Å². The molecule has 0 bridgehead atoms. The summed E-state index contributed by atoms with van der Waals surface area (Å²) in [7, 11) is 0. The second-order valence-corrected chi connectivity index (χ2v) is 9.79. The fraction of sp³-hybridized carbons (Fsp3) is 0.0606. The van der Waals surface area contributed by atoms with Gasteiger partial charge < -0.3 is 4.79 Å². The molecule has 1 spiro atoms. The lowest BCUT2D eigenvalue weighted by Gasteiger charge is -2.42. The zero-order valence-corrected chi connectivity index (χ0v) is 19.7. The van der Waals surface area contributed by atoms with Crippen LogP contribution in [0.5, 0.6) is 0 Å². The van der Waals surface area contributed by atoms with E-state index in [1.165, 1.54) is 33.4 Å². The highest BCUT2D eigenvalue weighted by molar-refractivity contribution is 6.30. The molecular formula is C33H21ClO. The van der Waals surface area contributed by atoms with Gasteiger partial charge in [-0.3, -0.25) is 0 Å². The minimum Gasteiger partial charge on any atom is -0.302 e. The molecule has 0 heterocycles. The summed E-state index contributed by atoms with van der Waals surface area (Å²) in [6.45, 7) is 0. The molecule has 2 aliphatic rings. The van der Waals surface area contributed by atoms with Crippen molar-refractivity contribution in [1.29, 1.82) is 0 Å². The minimum atomic E-state index is -0.493. The molecule has 5 aromatic carbocycles. The zero-order valence-electron chi connectivity index (χ0n) is 18.9. The number of halogens is 1. The van der Waals surface area contributed by atoms with Gasteiger partial charge in [-0.1, -0.05) is 109 Å². The molecule has 0 fully saturated rings. The van der Waals surface area contributed by atoms with Crippen LogP contribution in [0.2, 0.25) is 5.02 Å². The van der Waals surface area contributed by atoms with Crippen LogP contribution in [-0.4, -0.2) is 6.29 Å². The van der Waals surface area contributed by atoms with Gasteiger partial charge in [-0.2, -0.15) is 0 Å². The van der Waals surface area contributed by atoms with E-state index in [2.05, 4.69) is 91.0 Å². The minimum absolute atomic E-state index is 0.305. The summed E-state index contributed by atoms with van der Waals surface area (Å²) in [6, 6.07) is 40.4. The van der Waals surface area contributed by atoms with Crippen molar-refractivity contribution in [2.75, 3.05) is 0 Å². The van der Waals surface area contributed by atoms with E-state index < -0.39 is 5.41 Å². The molecule has 0 saturated carbocycles. The van der Waals surface area contributed by atoms with Gasteiger partial charge in [-0.25, -0.2) is 0 Å². The van der Waals surface area contributed by atoms with Crippen molar-refractivity contribution in [1.82, 2.24) is 0 Å². The molecule has 0 aliphatic heterocycles. The van der Waals surface area contributed by atoms with Crippen molar-refractivity contribution < 1.29 is 4.79 Å².